The highest BCUT2D eigenvalue weighted by Crippen LogP contribution is 2.32. The monoisotopic (exact) mass is 250 g/mol. The van der Waals surface area contributed by atoms with Crippen LogP contribution in [0.1, 0.15) is 0 Å². The van der Waals surface area contributed by atoms with Crippen LogP contribution >= 0.6 is 0 Å². The molecule has 2 aromatic rings. The highest BCUT2D eigenvalue weighted by atomic mass is 19.1. The van der Waals surface area contributed by atoms with Gasteiger partial charge in [-0.1, -0.05) is 0 Å². The van der Waals surface area contributed by atoms with Gasteiger partial charge in [0.2, 0.25) is 0 Å². The smallest absolute Gasteiger partial charge is 0.345 e. The predicted octanol–water partition coefficient (Wildman–Crippen LogP) is 1.59. The van der Waals surface area contributed by atoms with Gasteiger partial charge in [-0.05, 0) is 18.2 Å². The van der Waals surface area contributed by atoms with E-state index in [0.29, 0.717) is 17.1 Å². The van der Waals surface area contributed by atoms with Crippen LogP contribution in [0.25, 0.3) is 11.3 Å². The first-order valence-electron chi connectivity index (χ1n) is 5.13. The Morgan fingerprint density at radius 3 is 2.72 bits per heavy atom. The summed E-state index contributed by atoms with van der Waals surface area (Å²) in [4.78, 5) is 16.8. The van der Waals surface area contributed by atoms with Crippen LogP contribution in [0.5, 0.6) is 11.5 Å². The van der Waals surface area contributed by atoms with Crippen molar-refractivity contribution in [3.8, 4) is 22.8 Å². The Hall–Kier alpha value is -2.37. The second-order valence-corrected chi connectivity index (χ2v) is 3.48. The number of halogens is 1. The summed E-state index contributed by atoms with van der Waals surface area (Å²) in [5.41, 5.74) is -0.212. The molecular weight excluding hydrogens is 239 g/mol. The predicted molar refractivity (Wildman–Crippen MR) is 63.4 cm³/mol. The minimum Gasteiger partial charge on any atom is -0.497 e. The Bertz CT molecular complexity index is 625. The Balaban J connectivity index is 2.68. The van der Waals surface area contributed by atoms with Gasteiger partial charge in [-0.3, -0.25) is 0 Å². The topological polar surface area (TPSA) is 64.2 Å². The zero-order valence-corrected chi connectivity index (χ0v) is 9.86. The molecule has 0 spiro atoms. The number of H-pyrrole nitrogens is 1. The van der Waals surface area contributed by atoms with Gasteiger partial charge in [0, 0.05) is 5.56 Å². The van der Waals surface area contributed by atoms with Crippen LogP contribution in [0, 0.1) is 5.82 Å². The first-order valence-corrected chi connectivity index (χ1v) is 5.13. The van der Waals surface area contributed by atoms with E-state index in [4.69, 9.17) is 9.47 Å². The number of methoxy groups -OCH3 is 2. The first kappa shape index (κ1) is 12.1. The summed E-state index contributed by atoms with van der Waals surface area (Å²) in [6.07, 6.45) is 0.868. The summed E-state index contributed by atoms with van der Waals surface area (Å²) < 4.78 is 23.9. The third kappa shape index (κ3) is 2.17. The fourth-order valence-corrected chi connectivity index (χ4v) is 1.58. The molecule has 1 N–H and O–H groups in total. The average molecular weight is 250 g/mol. The van der Waals surface area contributed by atoms with E-state index in [0.717, 1.165) is 6.20 Å². The van der Waals surface area contributed by atoms with Gasteiger partial charge >= 0.3 is 5.69 Å². The molecule has 0 unspecified atom stereocenters. The maximum absolute atomic E-state index is 13.7. The van der Waals surface area contributed by atoms with Gasteiger partial charge in [-0.2, -0.15) is 4.98 Å². The second-order valence-electron chi connectivity index (χ2n) is 3.48. The Morgan fingerprint density at radius 1 is 1.28 bits per heavy atom. The molecule has 1 aromatic heterocycles. The minimum atomic E-state index is -0.638. The molecule has 0 aliphatic carbocycles. The van der Waals surface area contributed by atoms with Crippen molar-refractivity contribution >= 4 is 0 Å². The van der Waals surface area contributed by atoms with E-state index in [-0.39, 0.29) is 5.69 Å². The third-order valence-corrected chi connectivity index (χ3v) is 2.44. The minimum absolute atomic E-state index is 0.0192. The molecule has 0 amide bonds. The van der Waals surface area contributed by atoms with Crippen molar-refractivity contribution in [3.05, 3.63) is 40.7 Å². The summed E-state index contributed by atoms with van der Waals surface area (Å²) in [6.45, 7) is 0. The third-order valence-electron chi connectivity index (χ3n) is 2.44. The fourth-order valence-electron chi connectivity index (χ4n) is 1.58. The molecule has 0 saturated carbocycles. The van der Waals surface area contributed by atoms with Crippen LogP contribution in [0.3, 0.4) is 0 Å². The standard InChI is InChI=1S/C12H11FN2O3/c1-17-7-3-4-10(18-2)8(5-7)11-9(13)6-14-12(16)15-11/h3-6H,1-2H3,(H,14,15,16). The lowest BCUT2D eigenvalue weighted by atomic mass is 10.1. The van der Waals surface area contributed by atoms with Crippen LogP contribution in [0.4, 0.5) is 4.39 Å². The maximum atomic E-state index is 13.7. The highest BCUT2D eigenvalue weighted by molar-refractivity contribution is 5.69. The quantitative estimate of drug-likeness (QED) is 0.898. The van der Waals surface area contributed by atoms with Gasteiger partial charge in [0.05, 0.1) is 26.1 Å². The second kappa shape index (κ2) is 4.87. The van der Waals surface area contributed by atoms with Crippen molar-refractivity contribution in [1.82, 2.24) is 9.97 Å². The van der Waals surface area contributed by atoms with Gasteiger partial charge in [0.25, 0.3) is 0 Å². The van der Waals surface area contributed by atoms with E-state index >= 15 is 0 Å². The van der Waals surface area contributed by atoms with Crippen LogP contribution in [0.15, 0.2) is 29.2 Å². The zero-order chi connectivity index (χ0) is 13.1. The van der Waals surface area contributed by atoms with Crippen LogP contribution in [-0.4, -0.2) is 24.2 Å². The van der Waals surface area contributed by atoms with Crippen molar-refractivity contribution in [2.75, 3.05) is 14.2 Å². The molecular formula is C12H11FN2O3. The van der Waals surface area contributed by atoms with Gasteiger partial charge in [-0.15, -0.1) is 0 Å². The number of aromatic amines is 1. The lowest BCUT2D eigenvalue weighted by Gasteiger charge is -2.10. The summed E-state index contributed by atoms with van der Waals surface area (Å²) >= 11 is 0. The Morgan fingerprint density at radius 2 is 2.06 bits per heavy atom. The van der Waals surface area contributed by atoms with E-state index in [1.165, 1.54) is 14.2 Å². The largest absolute Gasteiger partial charge is 0.497 e. The number of nitrogens with zero attached hydrogens (tertiary/aromatic N) is 1. The average Bonchev–Trinajstić information content (AvgIpc) is 2.40. The lowest BCUT2D eigenvalue weighted by molar-refractivity contribution is 0.404. The number of rotatable bonds is 3. The van der Waals surface area contributed by atoms with Gasteiger partial charge < -0.3 is 14.5 Å². The fraction of sp³-hybridized carbons (Fsp3) is 0.167. The molecule has 0 radical (unpaired) electrons. The Labute approximate surface area is 102 Å². The van der Waals surface area contributed by atoms with Crippen molar-refractivity contribution in [2.24, 2.45) is 0 Å². The van der Waals surface area contributed by atoms with E-state index in [2.05, 4.69) is 9.97 Å². The van der Waals surface area contributed by atoms with Crippen LogP contribution in [0.2, 0.25) is 0 Å². The molecule has 0 atom stereocenters. The maximum Gasteiger partial charge on any atom is 0.345 e. The van der Waals surface area contributed by atoms with Crippen molar-refractivity contribution < 1.29 is 13.9 Å². The zero-order valence-electron chi connectivity index (χ0n) is 9.86. The molecule has 0 bridgehead atoms. The molecule has 2 rings (SSSR count). The molecule has 0 aliphatic heterocycles. The lowest BCUT2D eigenvalue weighted by Crippen LogP contribution is -2.12. The van der Waals surface area contributed by atoms with E-state index in [9.17, 15) is 9.18 Å². The molecule has 6 heteroatoms. The van der Waals surface area contributed by atoms with Crippen LogP contribution in [-0.2, 0) is 0 Å². The number of nitrogens with one attached hydrogen (secondary N) is 1. The summed E-state index contributed by atoms with van der Waals surface area (Å²) in [6, 6.07) is 4.89. The molecule has 18 heavy (non-hydrogen) atoms. The molecule has 0 aliphatic rings. The van der Waals surface area contributed by atoms with E-state index in [1.54, 1.807) is 18.2 Å². The number of aromatic nitrogens is 2. The number of benzene rings is 1. The number of ether oxygens (including phenoxy) is 2. The highest BCUT2D eigenvalue weighted by Gasteiger charge is 2.13. The van der Waals surface area contributed by atoms with E-state index < -0.39 is 11.5 Å². The van der Waals surface area contributed by atoms with E-state index in [1.807, 2.05) is 0 Å². The molecule has 5 nitrogen and oxygen atoms in total. The molecule has 0 fully saturated rings. The molecule has 94 valence electrons. The van der Waals surface area contributed by atoms with Crippen molar-refractivity contribution in [2.45, 2.75) is 0 Å². The Kier molecular flexibility index (Phi) is 3.27. The molecule has 1 heterocycles. The van der Waals surface area contributed by atoms with Crippen molar-refractivity contribution in [1.29, 1.82) is 0 Å². The summed E-state index contributed by atoms with van der Waals surface area (Å²) in [7, 11) is 2.96. The molecule has 1 aromatic carbocycles. The van der Waals surface area contributed by atoms with Gasteiger partial charge in [-0.25, -0.2) is 9.18 Å². The number of hydrogen-bond donors (Lipinski definition) is 1. The van der Waals surface area contributed by atoms with Gasteiger partial charge in [0.1, 0.15) is 11.5 Å². The normalized spacial score (nSPS) is 10.2. The SMILES string of the molecule is COc1ccc(OC)c(-c2[nH]c(=O)ncc2F)c1. The molecule has 0 saturated heterocycles. The van der Waals surface area contributed by atoms with Crippen molar-refractivity contribution in [3.63, 3.8) is 0 Å². The summed E-state index contributed by atoms with van der Waals surface area (Å²) in [5, 5.41) is 0. The van der Waals surface area contributed by atoms with Gasteiger partial charge in [0.15, 0.2) is 5.82 Å². The first-order chi connectivity index (χ1) is 8.65. The number of hydrogen-bond acceptors (Lipinski definition) is 4. The van der Waals surface area contributed by atoms with Crippen LogP contribution < -0.4 is 15.2 Å². The summed E-state index contributed by atoms with van der Waals surface area (Å²) in [5.74, 6) is 0.320.